The van der Waals surface area contributed by atoms with Gasteiger partial charge in [-0.05, 0) is 27.7 Å². The van der Waals surface area contributed by atoms with Crippen molar-refractivity contribution in [2.75, 3.05) is 26.8 Å². The van der Waals surface area contributed by atoms with Crippen LogP contribution in [0.5, 0.6) is 0 Å². The smallest absolute Gasteiger partial charge is 0.308 e. The van der Waals surface area contributed by atoms with Crippen molar-refractivity contribution in [2.24, 2.45) is 0 Å². The maximum absolute atomic E-state index is 12.2. The lowest BCUT2D eigenvalue weighted by Crippen LogP contribution is -2.55. The van der Waals surface area contributed by atoms with E-state index in [1.165, 1.54) is 7.11 Å². The van der Waals surface area contributed by atoms with E-state index in [4.69, 9.17) is 4.74 Å². The lowest BCUT2D eigenvalue weighted by molar-refractivity contribution is -0.146. The first-order valence-corrected chi connectivity index (χ1v) is 6.97. The Labute approximate surface area is 120 Å². The molecule has 0 aliphatic carbocycles. The summed E-state index contributed by atoms with van der Waals surface area (Å²) in [6, 6.07) is -0.238. The molecule has 0 spiro atoms. The fourth-order valence-electron chi connectivity index (χ4n) is 2.13. The summed E-state index contributed by atoms with van der Waals surface area (Å²) in [4.78, 5) is 25.5. The highest BCUT2D eigenvalue weighted by molar-refractivity contribution is 5.82. The standard InChI is InChI=1S/C14H26N2O4/c1-10(13(18)15-14(2,3)4)16-6-7-20-11(9-16)8-12(17)19-5/h10-11H,6-9H2,1-5H3,(H,15,18)/t10-,11-/m0/s1. The van der Waals surface area contributed by atoms with Gasteiger partial charge in [0, 0.05) is 18.6 Å². The second-order valence-corrected chi connectivity index (χ2v) is 6.18. The zero-order valence-electron chi connectivity index (χ0n) is 13.1. The topological polar surface area (TPSA) is 67.9 Å². The highest BCUT2D eigenvalue weighted by Gasteiger charge is 2.30. The van der Waals surface area contributed by atoms with E-state index in [2.05, 4.69) is 10.1 Å². The molecule has 1 rings (SSSR count). The van der Waals surface area contributed by atoms with Gasteiger partial charge in [-0.2, -0.15) is 0 Å². The summed E-state index contributed by atoms with van der Waals surface area (Å²) in [6.07, 6.45) is 0.0155. The Morgan fingerprint density at radius 1 is 1.45 bits per heavy atom. The number of carbonyl (C=O) groups is 2. The van der Waals surface area contributed by atoms with Crippen molar-refractivity contribution in [3.05, 3.63) is 0 Å². The molecule has 6 heteroatoms. The molecule has 116 valence electrons. The number of amides is 1. The van der Waals surface area contributed by atoms with Crippen molar-refractivity contribution in [1.82, 2.24) is 10.2 Å². The van der Waals surface area contributed by atoms with Crippen LogP contribution in [0.2, 0.25) is 0 Å². The van der Waals surface area contributed by atoms with Crippen molar-refractivity contribution in [3.8, 4) is 0 Å². The van der Waals surface area contributed by atoms with E-state index >= 15 is 0 Å². The van der Waals surface area contributed by atoms with Crippen LogP contribution in [0.3, 0.4) is 0 Å². The minimum absolute atomic E-state index is 0.00350. The highest BCUT2D eigenvalue weighted by Crippen LogP contribution is 2.13. The molecule has 20 heavy (non-hydrogen) atoms. The first-order chi connectivity index (χ1) is 9.23. The molecule has 1 amide bonds. The maximum Gasteiger partial charge on any atom is 0.308 e. The number of methoxy groups -OCH3 is 1. The number of esters is 1. The Morgan fingerprint density at radius 2 is 2.10 bits per heavy atom. The van der Waals surface area contributed by atoms with Crippen molar-refractivity contribution < 1.29 is 19.1 Å². The molecule has 0 unspecified atom stereocenters. The number of nitrogens with zero attached hydrogens (tertiary/aromatic N) is 1. The Kier molecular flexibility index (Phi) is 5.95. The van der Waals surface area contributed by atoms with Crippen LogP contribution in [0.4, 0.5) is 0 Å². The fourth-order valence-corrected chi connectivity index (χ4v) is 2.13. The van der Waals surface area contributed by atoms with Gasteiger partial charge in [-0.1, -0.05) is 0 Å². The predicted octanol–water partition coefficient (Wildman–Crippen LogP) is 0.554. The summed E-state index contributed by atoms with van der Waals surface area (Å²) in [5.41, 5.74) is -0.247. The number of hydrogen-bond acceptors (Lipinski definition) is 5. The van der Waals surface area contributed by atoms with Crippen LogP contribution in [0.25, 0.3) is 0 Å². The highest BCUT2D eigenvalue weighted by atomic mass is 16.5. The SMILES string of the molecule is COC(=O)C[C@H]1CN([C@@H](C)C(=O)NC(C)(C)C)CCO1. The van der Waals surface area contributed by atoms with Crippen molar-refractivity contribution in [1.29, 1.82) is 0 Å². The lowest BCUT2D eigenvalue weighted by atomic mass is 10.1. The molecule has 2 atom stereocenters. The molecule has 6 nitrogen and oxygen atoms in total. The minimum atomic E-state index is -0.288. The predicted molar refractivity (Wildman–Crippen MR) is 75.3 cm³/mol. The summed E-state index contributed by atoms with van der Waals surface area (Å²) in [5, 5.41) is 2.97. The van der Waals surface area contributed by atoms with Crippen LogP contribution in [-0.4, -0.2) is 61.3 Å². The molecule has 1 aliphatic rings. The molecular formula is C14H26N2O4. The average Bonchev–Trinajstić information content (AvgIpc) is 2.36. The second-order valence-electron chi connectivity index (χ2n) is 6.18. The Bertz CT molecular complexity index is 352. The average molecular weight is 286 g/mol. The van der Waals surface area contributed by atoms with Gasteiger partial charge in [-0.25, -0.2) is 0 Å². The third kappa shape index (κ3) is 5.46. The van der Waals surface area contributed by atoms with Gasteiger partial charge in [-0.3, -0.25) is 14.5 Å². The normalized spacial score (nSPS) is 22.1. The third-order valence-corrected chi connectivity index (χ3v) is 3.22. The van der Waals surface area contributed by atoms with Crippen molar-refractivity contribution >= 4 is 11.9 Å². The van der Waals surface area contributed by atoms with E-state index in [1.54, 1.807) is 0 Å². The molecule has 0 aromatic carbocycles. The van der Waals surface area contributed by atoms with E-state index in [0.29, 0.717) is 19.7 Å². The molecule has 1 saturated heterocycles. The van der Waals surface area contributed by atoms with Crippen LogP contribution in [-0.2, 0) is 19.1 Å². The monoisotopic (exact) mass is 286 g/mol. The van der Waals surface area contributed by atoms with Gasteiger partial charge < -0.3 is 14.8 Å². The number of carbonyl (C=O) groups excluding carboxylic acids is 2. The molecule has 0 saturated carbocycles. The van der Waals surface area contributed by atoms with E-state index < -0.39 is 0 Å². The van der Waals surface area contributed by atoms with Crippen LogP contribution in [0.15, 0.2) is 0 Å². The third-order valence-electron chi connectivity index (χ3n) is 3.22. The second kappa shape index (κ2) is 7.04. The van der Waals surface area contributed by atoms with Gasteiger partial charge in [-0.15, -0.1) is 0 Å². The first kappa shape index (κ1) is 16.9. The molecule has 1 heterocycles. The lowest BCUT2D eigenvalue weighted by Gasteiger charge is -2.36. The van der Waals surface area contributed by atoms with Gasteiger partial charge in [0.05, 0.1) is 32.3 Å². The van der Waals surface area contributed by atoms with Crippen LogP contribution in [0, 0.1) is 0 Å². The summed E-state index contributed by atoms with van der Waals surface area (Å²) in [6.45, 7) is 9.52. The van der Waals surface area contributed by atoms with Gasteiger partial charge >= 0.3 is 5.97 Å². The largest absolute Gasteiger partial charge is 0.469 e. The van der Waals surface area contributed by atoms with Crippen LogP contribution < -0.4 is 5.32 Å². The summed E-state index contributed by atoms with van der Waals surface area (Å²) in [7, 11) is 1.36. The summed E-state index contributed by atoms with van der Waals surface area (Å²) < 4.78 is 10.2. The van der Waals surface area contributed by atoms with Gasteiger partial charge in [0.1, 0.15) is 0 Å². The number of ether oxygens (including phenoxy) is 2. The quantitative estimate of drug-likeness (QED) is 0.765. The van der Waals surface area contributed by atoms with E-state index in [9.17, 15) is 9.59 Å². The van der Waals surface area contributed by atoms with Crippen molar-refractivity contribution in [3.63, 3.8) is 0 Å². The Morgan fingerprint density at radius 3 is 2.65 bits per heavy atom. The van der Waals surface area contributed by atoms with Crippen LogP contribution in [0.1, 0.15) is 34.1 Å². The van der Waals surface area contributed by atoms with Gasteiger partial charge in [0.15, 0.2) is 0 Å². The zero-order chi connectivity index (χ0) is 15.3. The molecule has 1 N–H and O–H groups in total. The first-order valence-electron chi connectivity index (χ1n) is 6.97. The molecule has 0 bridgehead atoms. The zero-order valence-corrected chi connectivity index (χ0v) is 13.1. The Hall–Kier alpha value is -1.14. The van der Waals surface area contributed by atoms with E-state index in [-0.39, 0.29) is 36.0 Å². The Balaban J connectivity index is 2.53. The molecule has 0 radical (unpaired) electrons. The summed E-state index contributed by atoms with van der Waals surface area (Å²) >= 11 is 0. The van der Waals surface area contributed by atoms with Crippen LogP contribution >= 0.6 is 0 Å². The van der Waals surface area contributed by atoms with Gasteiger partial charge in [0.25, 0.3) is 0 Å². The van der Waals surface area contributed by atoms with Crippen molar-refractivity contribution in [2.45, 2.75) is 51.8 Å². The molecule has 1 fully saturated rings. The molecule has 0 aromatic heterocycles. The number of morpholine rings is 1. The van der Waals surface area contributed by atoms with E-state index in [1.807, 2.05) is 32.6 Å². The molecule has 1 aliphatic heterocycles. The number of nitrogens with one attached hydrogen (secondary N) is 1. The summed E-state index contributed by atoms with van der Waals surface area (Å²) in [5.74, 6) is -0.292. The molecular weight excluding hydrogens is 260 g/mol. The maximum atomic E-state index is 12.2. The van der Waals surface area contributed by atoms with Gasteiger partial charge in [0.2, 0.25) is 5.91 Å². The number of rotatable bonds is 4. The molecule has 0 aromatic rings. The number of hydrogen-bond donors (Lipinski definition) is 1. The fraction of sp³-hybridized carbons (Fsp3) is 0.857. The minimum Gasteiger partial charge on any atom is -0.469 e. The van der Waals surface area contributed by atoms with E-state index in [0.717, 1.165) is 0 Å².